The van der Waals surface area contributed by atoms with Crippen molar-refractivity contribution in [3.8, 4) is 11.1 Å². The largest absolute Gasteiger partial charge is 0.481 e. The van der Waals surface area contributed by atoms with Gasteiger partial charge in [-0.2, -0.15) is 0 Å². The number of carbonyl (C=O) groups excluding carboxylic acids is 1. The molecular formula is C27H31FN2O5. The molecule has 35 heavy (non-hydrogen) atoms. The van der Waals surface area contributed by atoms with Crippen molar-refractivity contribution >= 4 is 17.6 Å². The minimum Gasteiger partial charge on any atom is -0.481 e. The number of para-hydroxylation sites is 1. The fourth-order valence-corrected chi connectivity index (χ4v) is 4.44. The number of carboxylic acids is 1. The first-order chi connectivity index (χ1) is 16.7. The molecule has 0 unspecified atom stereocenters. The molecule has 0 saturated heterocycles. The Labute approximate surface area is 203 Å². The highest BCUT2D eigenvalue weighted by Crippen LogP contribution is 2.34. The van der Waals surface area contributed by atoms with Crippen molar-refractivity contribution < 1.29 is 29.3 Å². The number of nitrogens with zero attached hydrogens (tertiary/aromatic N) is 1. The van der Waals surface area contributed by atoms with Crippen molar-refractivity contribution in [1.82, 2.24) is 4.57 Å². The van der Waals surface area contributed by atoms with Crippen LogP contribution in [-0.2, 0) is 17.8 Å². The second kappa shape index (κ2) is 11.8. The maximum absolute atomic E-state index is 13.6. The smallest absolute Gasteiger partial charge is 0.305 e. The van der Waals surface area contributed by atoms with Crippen molar-refractivity contribution in [2.45, 2.75) is 58.3 Å². The molecule has 1 aromatic heterocycles. The molecule has 186 valence electrons. The topological polar surface area (TPSA) is 112 Å². The third-order valence-corrected chi connectivity index (χ3v) is 5.98. The van der Waals surface area contributed by atoms with Crippen LogP contribution in [0.25, 0.3) is 11.1 Å². The first-order valence-electron chi connectivity index (χ1n) is 11.6. The van der Waals surface area contributed by atoms with E-state index in [0.717, 1.165) is 22.4 Å². The van der Waals surface area contributed by atoms with Crippen LogP contribution in [0.15, 0.2) is 54.6 Å². The normalized spacial score (nSPS) is 12.8. The lowest BCUT2D eigenvalue weighted by Gasteiger charge is -2.17. The predicted molar refractivity (Wildman–Crippen MR) is 132 cm³/mol. The molecule has 0 bridgehead atoms. The van der Waals surface area contributed by atoms with Crippen LogP contribution in [0.4, 0.5) is 10.1 Å². The molecule has 7 nitrogen and oxygen atoms in total. The number of rotatable bonds is 11. The van der Waals surface area contributed by atoms with Gasteiger partial charge >= 0.3 is 5.97 Å². The van der Waals surface area contributed by atoms with Crippen molar-refractivity contribution in [3.05, 3.63) is 77.4 Å². The lowest BCUT2D eigenvalue weighted by atomic mass is 9.97. The minimum atomic E-state index is -1.15. The molecule has 1 amide bonds. The number of aliphatic carboxylic acids is 1. The van der Waals surface area contributed by atoms with E-state index >= 15 is 0 Å². The van der Waals surface area contributed by atoms with E-state index in [1.807, 2.05) is 36.6 Å². The van der Waals surface area contributed by atoms with Crippen LogP contribution in [0.3, 0.4) is 0 Å². The molecule has 8 heteroatoms. The highest BCUT2D eigenvalue weighted by molar-refractivity contribution is 6.05. The SMILES string of the molecule is CCn1c(CC[C@@H](O)C[C@@H](O)CC(=O)O)c(-c2ccc(F)cc2)c(C)c1C(=O)Nc1ccccc1. The molecule has 0 fully saturated rings. The molecule has 0 radical (unpaired) electrons. The van der Waals surface area contributed by atoms with Crippen molar-refractivity contribution in [2.75, 3.05) is 5.32 Å². The number of halogens is 1. The Kier molecular flexibility index (Phi) is 8.78. The number of anilines is 1. The summed E-state index contributed by atoms with van der Waals surface area (Å²) in [5.74, 6) is -1.77. The standard InChI is InChI=1S/C27H31FN2O5/c1-3-30-23(14-13-21(31)15-22(32)16-24(33)34)25(18-9-11-19(28)12-10-18)17(2)26(30)27(35)29-20-7-5-4-6-8-20/h4-12,21-22,31-32H,3,13-16H2,1-2H3,(H,29,35)(H,33,34)/t21-,22-/m1/s1. The first-order valence-corrected chi connectivity index (χ1v) is 11.6. The highest BCUT2D eigenvalue weighted by atomic mass is 19.1. The van der Waals surface area contributed by atoms with Crippen LogP contribution in [0.5, 0.6) is 0 Å². The van der Waals surface area contributed by atoms with E-state index in [0.29, 0.717) is 24.3 Å². The molecule has 4 N–H and O–H groups in total. The van der Waals surface area contributed by atoms with Crippen LogP contribution in [0.2, 0.25) is 0 Å². The summed E-state index contributed by atoms with van der Waals surface area (Å²) in [5.41, 5.74) is 4.23. The summed E-state index contributed by atoms with van der Waals surface area (Å²) >= 11 is 0. The van der Waals surface area contributed by atoms with Gasteiger partial charge in [0, 0.05) is 23.5 Å². The fraction of sp³-hybridized carbons (Fsp3) is 0.333. The fourth-order valence-electron chi connectivity index (χ4n) is 4.44. The van der Waals surface area contributed by atoms with Gasteiger partial charge in [0.05, 0.1) is 18.6 Å². The van der Waals surface area contributed by atoms with Crippen LogP contribution in [0.1, 0.15) is 47.9 Å². The van der Waals surface area contributed by atoms with Gasteiger partial charge in [0.15, 0.2) is 0 Å². The van der Waals surface area contributed by atoms with Gasteiger partial charge in [0.1, 0.15) is 11.5 Å². The zero-order valence-corrected chi connectivity index (χ0v) is 19.9. The van der Waals surface area contributed by atoms with Crippen molar-refractivity contribution in [1.29, 1.82) is 0 Å². The minimum absolute atomic E-state index is 0.0641. The van der Waals surface area contributed by atoms with E-state index in [1.165, 1.54) is 12.1 Å². The van der Waals surface area contributed by atoms with Gasteiger partial charge < -0.3 is 25.2 Å². The molecule has 0 aliphatic heterocycles. The summed E-state index contributed by atoms with van der Waals surface area (Å²) < 4.78 is 15.5. The first kappa shape index (κ1) is 26.1. The Morgan fingerprint density at radius 2 is 1.69 bits per heavy atom. The second-order valence-electron chi connectivity index (χ2n) is 8.55. The lowest BCUT2D eigenvalue weighted by molar-refractivity contribution is -0.139. The van der Waals surface area contributed by atoms with Gasteiger partial charge in [-0.25, -0.2) is 4.39 Å². The molecule has 1 heterocycles. The monoisotopic (exact) mass is 482 g/mol. The molecule has 2 aromatic carbocycles. The van der Waals surface area contributed by atoms with E-state index in [9.17, 15) is 24.2 Å². The summed E-state index contributed by atoms with van der Waals surface area (Å²) in [5, 5.41) is 32.1. The van der Waals surface area contributed by atoms with E-state index in [4.69, 9.17) is 5.11 Å². The molecule has 0 saturated carbocycles. The number of nitrogens with one attached hydrogen (secondary N) is 1. The Hall–Kier alpha value is -3.49. The number of aliphatic hydroxyl groups is 2. The summed E-state index contributed by atoms with van der Waals surface area (Å²) in [7, 11) is 0. The summed E-state index contributed by atoms with van der Waals surface area (Å²) in [6.45, 7) is 4.26. The number of amides is 1. The number of carbonyl (C=O) groups is 2. The molecule has 0 aliphatic carbocycles. The molecule has 2 atom stereocenters. The van der Waals surface area contributed by atoms with Gasteiger partial charge in [0.25, 0.3) is 5.91 Å². The highest BCUT2D eigenvalue weighted by Gasteiger charge is 2.26. The average molecular weight is 483 g/mol. The van der Waals surface area contributed by atoms with Gasteiger partial charge in [-0.3, -0.25) is 9.59 Å². The Morgan fingerprint density at radius 1 is 1.03 bits per heavy atom. The third-order valence-electron chi connectivity index (χ3n) is 5.98. The number of benzene rings is 2. The zero-order chi connectivity index (χ0) is 25.5. The number of carboxylic acid groups (broad SMARTS) is 1. The predicted octanol–water partition coefficient (Wildman–Crippen LogP) is 4.39. The number of hydrogen-bond acceptors (Lipinski definition) is 4. The van der Waals surface area contributed by atoms with E-state index in [1.54, 1.807) is 24.3 Å². The summed E-state index contributed by atoms with van der Waals surface area (Å²) in [4.78, 5) is 24.1. The molecule has 3 aromatic rings. The van der Waals surface area contributed by atoms with Crippen LogP contribution in [0, 0.1) is 12.7 Å². The summed E-state index contributed by atoms with van der Waals surface area (Å²) in [6, 6.07) is 15.2. The Bertz CT molecular complexity index is 1160. The zero-order valence-electron chi connectivity index (χ0n) is 19.9. The molecule has 0 aliphatic rings. The number of hydrogen-bond donors (Lipinski definition) is 4. The van der Waals surface area contributed by atoms with Crippen LogP contribution >= 0.6 is 0 Å². The summed E-state index contributed by atoms with van der Waals surface area (Å²) in [6.07, 6.45) is -1.94. The number of aromatic nitrogens is 1. The van der Waals surface area contributed by atoms with E-state index in [2.05, 4.69) is 5.32 Å². The van der Waals surface area contributed by atoms with Gasteiger partial charge in [-0.05, 0) is 68.5 Å². The average Bonchev–Trinajstić information content (AvgIpc) is 3.09. The van der Waals surface area contributed by atoms with Gasteiger partial charge in [0.2, 0.25) is 0 Å². The van der Waals surface area contributed by atoms with Crippen LogP contribution in [-0.4, -0.2) is 44.0 Å². The van der Waals surface area contributed by atoms with Crippen molar-refractivity contribution in [2.24, 2.45) is 0 Å². The lowest BCUT2D eigenvalue weighted by Crippen LogP contribution is -2.22. The van der Waals surface area contributed by atoms with Gasteiger partial charge in [-0.15, -0.1) is 0 Å². The Morgan fingerprint density at radius 3 is 2.29 bits per heavy atom. The van der Waals surface area contributed by atoms with Crippen molar-refractivity contribution in [3.63, 3.8) is 0 Å². The third kappa shape index (κ3) is 6.55. The molecule has 3 rings (SSSR count). The number of aliphatic hydroxyl groups excluding tert-OH is 2. The van der Waals surface area contributed by atoms with E-state index in [-0.39, 0.29) is 24.6 Å². The van der Waals surface area contributed by atoms with Gasteiger partial charge in [-0.1, -0.05) is 30.3 Å². The molecule has 0 spiro atoms. The van der Waals surface area contributed by atoms with E-state index < -0.39 is 24.6 Å². The molecular weight excluding hydrogens is 451 g/mol. The quantitative estimate of drug-likeness (QED) is 0.324. The van der Waals surface area contributed by atoms with Crippen LogP contribution < -0.4 is 5.32 Å². The second-order valence-corrected chi connectivity index (χ2v) is 8.55. The maximum Gasteiger partial charge on any atom is 0.305 e. The maximum atomic E-state index is 13.6. The Balaban J connectivity index is 1.97.